The Balaban J connectivity index is 2.23. The second-order valence-corrected chi connectivity index (χ2v) is 4.98. The topological polar surface area (TPSA) is 57.0 Å². The van der Waals surface area contributed by atoms with Crippen molar-refractivity contribution in [2.24, 2.45) is 0 Å². The van der Waals surface area contributed by atoms with Crippen LogP contribution in [-0.2, 0) is 16.0 Å². The van der Waals surface area contributed by atoms with E-state index < -0.39 is 0 Å². The maximum absolute atomic E-state index is 11.3. The zero-order valence-electron chi connectivity index (χ0n) is 9.09. The molecule has 0 radical (unpaired) electrons. The zero-order chi connectivity index (χ0) is 12.3. The standard InChI is InChI=1S/C10H10IN3O2S/c1-2-16-9(15)5-7-6-12-10-8(13-7)3-4-14(10)17-11/h3-4,6H,2,5H2,1H3. The van der Waals surface area contributed by atoms with Crippen LogP contribution in [0.3, 0.4) is 0 Å². The normalized spacial score (nSPS) is 10.7. The number of ether oxygens (including phenoxy) is 1. The number of hydrogen-bond donors (Lipinski definition) is 0. The Hall–Kier alpha value is -0.830. The zero-order valence-corrected chi connectivity index (χ0v) is 12.1. The van der Waals surface area contributed by atoms with Crippen LogP contribution in [0.15, 0.2) is 18.5 Å². The van der Waals surface area contributed by atoms with E-state index >= 15 is 0 Å². The molecule has 0 aliphatic carbocycles. The summed E-state index contributed by atoms with van der Waals surface area (Å²) in [5.41, 5.74) is 2.22. The number of aromatic nitrogens is 3. The Morgan fingerprint density at radius 1 is 1.65 bits per heavy atom. The number of carbonyl (C=O) groups excluding carboxylic acids is 1. The van der Waals surface area contributed by atoms with Crippen LogP contribution in [0.1, 0.15) is 12.6 Å². The van der Waals surface area contributed by atoms with E-state index in [2.05, 4.69) is 31.2 Å². The van der Waals surface area contributed by atoms with Crippen LogP contribution in [0.2, 0.25) is 0 Å². The van der Waals surface area contributed by atoms with Crippen LogP contribution in [-0.4, -0.2) is 26.5 Å². The van der Waals surface area contributed by atoms with Gasteiger partial charge in [0.15, 0.2) is 5.65 Å². The minimum atomic E-state index is -0.274. The van der Waals surface area contributed by atoms with Gasteiger partial charge in [0.05, 0.1) is 24.9 Å². The predicted molar refractivity (Wildman–Crippen MR) is 74.9 cm³/mol. The fourth-order valence-corrected chi connectivity index (χ4v) is 2.69. The molecule has 0 aliphatic heterocycles. The lowest BCUT2D eigenvalue weighted by Crippen LogP contribution is -2.09. The molecular weight excluding hydrogens is 353 g/mol. The van der Waals surface area contributed by atoms with E-state index in [1.54, 1.807) is 13.1 Å². The van der Waals surface area contributed by atoms with E-state index in [0.717, 1.165) is 11.2 Å². The summed E-state index contributed by atoms with van der Waals surface area (Å²) in [6.07, 6.45) is 3.68. The van der Waals surface area contributed by atoms with Gasteiger partial charge in [-0.05, 0) is 13.0 Å². The first-order valence-electron chi connectivity index (χ1n) is 5.02. The Labute approximate surface area is 115 Å². The van der Waals surface area contributed by atoms with Gasteiger partial charge in [-0.3, -0.25) is 8.77 Å². The molecule has 0 saturated carbocycles. The number of carbonyl (C=O) groups is 1. The fourth-order valence-electron chi connectivity index (χ4n) is 1.43. The first-order chi connectivity index (χ1) is 8.24. The third-order valence-electron chi connectivity index (χ3n) is 2.11. The van der Waals surface area contributed by atoms with E-state index in [0.29, 0.717) is 12.3 Å². The summed E-state index contributed by atoms with van der Waals surface area (Å²) in [7, 11) is 1.53. The van der Waals surface area contributed by atoms with Gasteiger partial charge in [0, 0.05) is 36.5 Å². The largest absolute Gasteiger partial charge is 0.466 e. The molecule has 0 fully saturated rings. The summed E-state index contributed by atoms with van der Waals surface area (Å²) in [5, 5.41) is 0. The minimum Gasteiger partial charge on any atom is -0.466 e. The Morgan fingerprint density at radius 3 is 3.18 bits per heavy atom. The van der Waals surface area contributed by atoms with Gasteiger partial charge >= 0.3 is 5.97 Å². The molecule has 2 aromatic heterocycles. The first-order valence-corrected chi connectivity index (χ1v) is 8.34. The number of halogens is 1. The maximum Gasteiger partial charge on any atom is 0.311 e. The van der Waals surface area contributed by atoms with Gasteiger partial charge in [-0.25, -0.2) is 9.97 Å². The lowest BCUT2D eigenvalue weighted by Gasteiger charge is -2.01. The van der Waals surface area contributed by atoms with Crippen molar-refractivity contribution in [2.75, 3.05) is 6.61 Å². The van der Waals surface area contributed by atoms with Gasteiger partial charge in [0.25, 0.3) is 0 Å². The van der Waals surface area contributed by atoms with Gasteiger partial charge < -0.3 is 4.74 Å². The molecule has 0 saturated heterocycles. The van der Waals surface area contributed by atoms with Gasteiger partial charge in [-0.1, -0.05) is 0 Å². The Morgan fingerprint density at radius 2 is 2.47 bits per heavy atom. The van der Waals surface area contributed by atoms with Crippen molar-refractivity contribution < 1.29 is 9.53 Å². The quantitative estimate of drug-likeness (QED) is 0.617. The second kappa shape index (κ2) is 5.67. The predicted octanol–water partition coefficient (Wildman–Crippen LogP) is 2.38. The fraction of sp³-hybridized carbons (Fsp3) is 0.300. The molecule has 7 heteroatoms. The molecule has 2 aromatic rings. The van der Waals surface area contributed by atoms with Gasteiger partial charge in [0.2, 0.25) is 0 Å². The molecule has 0 N–H and O–H groups in total. The number of hydrogen-bond acceptors (Lipinski definition) is 5. The van der Waals surface area contributed by atoms with Crippen LogP contribution in [0, 0.1) is 0 Å². The van der Waals surface area contributed by atoms with Crippen LogP contribution < -0.4 is 0 Å². The summed E-state index contributed by atoms with van der Waals surface area (Å²) in [4.78, 5) is 20.0. The highest BCUT2D eigenvalue weighted by Crippen LogP contribution is 2.22. The molecule has 5 nitrogen and oxygen atoms in total. The summed E-state index contributed by atoms with van der Waals surface area (Å²) in [6, 6.07) is 1.88. The smallest absolute Gasteiger partial charge is 0.311 e. The van der Waals surface area contributed by atoms with E-state index in [1.165, 1.54) is 9.12 Å². The van der Waals surface area contributed by atoms with Crippen molar-refractivity contribution in [3.63, 3.8) is 0 Å². The minimum absolute atomic E-state index is 0.166. The lowest BCUT2D eigenvalue weighted by atomic mass is 10.3. The number of rotatable bonds is 4. The average Bonchev–Trinajstić information content (AvgIpc) is 2.71. The summed E-state index contributed by atoms with van der Waals surface area (Å²) < 4.78 is 6.78. The first kappa shape index (κ1) is 12.6. The number of nitrogens with zero attached hydrogens (tertiary/aromatic N) is 3. The lowest BCUT2D eigenvalue weighted by molar-refractivity contribution is -0.142. The molecular formula is C10H10IN3O2S. The van der Waals surface area contributed by atoms with Crippen molar-refractivity contribution in [2.45, 2.75) is 13.3 Å². The van der Waals surface area contributed by atoms with Crippen LogP contribution >= 0.6 is 30.3 Å². The second-order valence-electron chi connectivity index (χ2n) is 3.26. The van der Waals surface area contributed by atoms with Gasteiger partial charge in [0.1, 0.15) is 5.52 Å². The summed E-state index contributed by atoms with van der Waals surface area (Å²) in [5.74, 6) is -0.274. The highest BCUT2D eigenvalue weighted by molar-refractivity contribution is 14.2. The molecule has 17 heavy (non-hydrogen) atoms. The van der Waals surface area contributed by atoms with E-state index in [1.807, 2.05) is 16.2 Å². The molecule has 0 unspecified atom stereocenters. The van der Waals surface area contributed by atoms with Crippen molar-refractivity contribution in [3.8, 4) is 0 Å². The van der Waals surface area contributed by atoms with Gasteiger partial charge in [-0.2, -0.15) is 0 Å². The van der Waals surface area contributed by atoms with E-state index in [-0.39, 0.29) is 12.4 Å². The molecule has 0 atom stereocenters. The van der Waals surface area contributed by atoms with Crippen molar-refractivity contribution >= 4 is 47.5 Å². The molecule has 0 aromatic carbocycles. The van der Waals surface area contributed by atoms with Crippen molar-refractivity contribution in [1.82, 2.24) is 13.9 Å². The summed E-state index contributed by atoms with van der Waals surface area (Å²) in [6.45, 7) is 2.17. The van der Waals surface area contributed by atoms with Crippen molar-refractivity contribution in [3.05, 3.63) is 24.2 Å². The third-order valence-corrected chi connectivity index (χ3v) is 3.83. The molecule has 2 rings (SSSR count). The molecule has 0 aliphatic rings. The maximum atomic E-state index is 11.3. The SMILES string of the molecule is CCOC(=O)Cc1cnc2c(ccn2SI)n1. The molecule has 0 amide bonds. The molecule has 2 heterocycles. The highest BCUT2D eigenvalue weighted by Gasteiger charge is 2.09. The monoisotopic (exact) mass is 363 g/mol. The number of fused-ring (bicyclic) bond motifs is 1. The Bertz CT molecular complexity index is 543. The molecule has 0 bridgehead atoms. The van der Waals surface area contributed by atoms with Crippen molar-refractivity contribution in [1.29, 1.82) is 0 Å². The average molecular weight is 363 g/mol. The summed E-state index contributed by atoms with van der Waals surface area (Å²) >= 11 is 2.18. The highest BCUT2D eigenvalue weighted by atomic mass is 127. The van der Waals surface area contributed by atoms with Crippen LogP contribution in [0.4, 0.5) is 0 Å². The third kappa shape index (κ3) is 2.89. The van der Waals surface area contributed by atoms with E-state index in [9.17, 15) is 4.79 Å². The Kier molecular flexibility index (Phi) is 4.21. The van der Waals surface area contributed by atoms with Crippen LogP contribution in [0.25, 0.3) is 11.2 Å². The van der Waals surface area contributed by atoms with Gasteiger partial charge in [-0.15, -0.1) is 0 Å². The van der Waals surface area contributed by atoms with Crippen LogP contribution in [0.5, 0.6) is 0 Å². The van der Waals surface area contributed by atoms with E-state index in [4.69, 9.17) is 4.74 Å². The number of esters is 1. The molecule has 90 valence electrons. The molecule has 0 spiro atoms.